The molecule has 0 bridgehead atoms. The van der Waals surface area contributed by atoms with Crippen LogP contribution >= 0.6 is 112 Å². The fraction of sp³-hybridized carbons (Fsp3) is 0.271. The zero-order valence-electron chi connectivity index (χ0n) is 71.9. The van der Waals surface area contributed by atoms with E-state index in [4.69, 9.17) is 62.9 Å². The summed E-state index contributed by atoms with van der Waals surface area (Å²) in [6.45, 7) is 12.5. The summed E-state index contributed by atoms with van der Waals surface area (Å²) in [5.41, 5.74) is 35.9. The van der Waals surface area contributed by atoms with E-state index in [9.17, 15) is 38.6 Å². The maximum atomic E-state index is 13.9. The normalized spacial score (nSPS) is 25.7. The fourth-order valence-corrected chi connectivity index (χ4v) is 31.7. The van der Waals surface area contributed by atoms with Crippen molar-refractivity contribution < 1.29 is 38.6 Å². The molecule has 0 saturated carbocycles. The van der Waals surface area contributed by atoms with Gasteiger partial charge < -0.3 is 34.4 Å². The topological polar surface area (TPSA) is 408 Å². The molecule has 14 heterocycles. The van der Waals surface area contributed by atoms with Crippen molar-refractivity contribution in [1.29, 1.82) is 5.26 Å². The number of nitrogens with two attached hydrogens (primary N) is 6. The van der Waals surface area contributed by atoms with Crippen molar-refractivity contribution in [3.8, 4) is 93.9 Å². The molecule has 9 aromatic heterocycles. The first-order valence-corrected chi connectivity index (χ1v) is 53.7. The average molecular weight is 2130 g/mol. The van der Waals surface area contributed by atoms with Crippen molar-refractivity contribution in [3.63, 3.8) is 0 Å². The Balaban J connectivity index is 0.000000157. The van der Waals surface area contributed by atoms with Gasteiger partial charge in [-0.25, -0.2) is 60.4 Å². The molecular weight excluding hydrogens is 2040 g/mol. The van der Waals surface area contributed by atoms with Crippen molar-refractivity contribution in [2.45, 2.75) is 82.3 Å². The number of nitrogens with zero attached hydrogens (tertiary/aromatic N) is 16. The highest BCUT2D eigenvalue weighted by molar-refractivity contribution is 9.11. The molecule has 130 heavy (non-hydrogen) atoms. The van der Waals surface area contributed by atoms with Gasteiger partial charge in [-0.3, -0.25) is 36.5 Å². The highest BCUT2D eigenvalue weighted by atomic mass is 79.9. The van der Waals surface area contributed by atoms with E-state index in [1.165, 1.54) is 82.8 Å². The zero-order chi connectivity index (χ0) is 95.9. The maximum Gasteiger partial charge on any atom is 0.417 e. The van der Waals surface area contributed by atoms with E-state index in [1.807, 2.05) is 63.4 Å². The van der Waals surface area contributed by atoms with Gasteiger partial charge in [-0.1, -0.05) is 35.0 Å². The van der Waals surface area contributed by atoms with Crippen LogP contribution in [-0.4, -0.2) is 191 Å². The van der Waals surface area contributed by atoms with E-state index in [-0.39, 0.29) is 63.2 Å². The van der Waals surface area contributed by atoms with Gasteiger partial charge in [0.2, 0.25) is 29.8 Å². The zero-order valence-corrected chi connectivity index (χ0v) is 84.7. The summed E-state index contributed by atoms with van der Waals surface area (Å²) in [7, 11) is -5.14. The molecule has 0 amide bonds. The Bertz CT molecular complexity index is 7030. The van der Waals surface area contributed by atoms with Crippen LogP contribution in [0.2, 0.25) is 10.0 Å². The van der Waals surface area contributed by atoms with Gasteiger partial charge in [0.1, 0.15) is 39.8 Å². The predicted octanol–water partition coefficient (Wildman–Crippen LogP) is 13.5. The Kier molecular flexibility index (Phi) is 29.6. The Morgan fingerprint density at radius 2 is 0.700 bits per heavy atom. The van der Waals surface area contributed by atoms with Crippen LogP contribution in [0.25, 0.3) is 52.2 Å². The number of pyridine rings is 3. The van der Waals surface area contributed by atoms with Crippen LogP contribution in [0, 0.1) is 52.8 Å². The Morgan fingerprint density at radius 3 is 1.02 bits per heavy atom. The molecule has 45 heteroatoms. The highest BCUT2D eigenvalue weighted by Crippen LogP contribution is 2.52. The molecule has 684 valence electrons. The molecule has 10 aromatic rings. The minimum Gasteiger partial charge on any atom is -0.369 e. The number of guanidine groups is 5. The highest BCUT2D eigenvalue weighted by Gasteiger charge is 2.48. The van der Waals surface area contributed by atoms with Gasteiger partial charge in [-0.15, -0.1) is 68.5 Å². The number of halogens is 8. The van der Waals surface area contributed by atoms with Crippen LogP contribution in [0.4, 0.5) is 17.6 Å². The van der Waals surface area contributed by atoms with E-state index < -0.39 is 93.8 Å². The van der Waals surface area contributed by atoms with Crippen molar-refractivity contribution in [2.75, 3.05) is 64.0 Å². The van der Waals surface area contributed by atoms with Gasteiger partial charge in [0, 0.05) is 178 Å². The molecule has 5 aliphatic rings. The molecule has 0 spiro atoms. The van der Waals surface area contributed by atoms with E-state index in [2.05, 4.69) is 147 Å². The molecule has 0 radical (unpaired) electrons. The number of nitriles is 1. The number of rotatable bonds is 10. The number of hydrogen-bond donors (Lipinski definition) is 6. The van der Waals surface area contributed by atoms with E-state index in [0.717, 1.165) is 83.4 Å². The molecule has 5 unspecified atom stereocenters. The second-order valence-corrected chi connectivity index (χ2v) is 50.9. The maximum absolute atomic E-state index is 13.9. The SMILES string of the molecule is C=S1(=O)C[C@@](C)(c2sc(-c3cc(F)cc(C#N)c3)cc2Cl)N=C(N)N1C.C=S1(=O)C[C@@](C)(c2sc(-c3cncc(C#CC)c3)cc2Br)N=C(N)N1C.C=S1(=O)C[C@@](C)(c2sc(-c3cncc(C#CC)c3)cc2C(F)(F)F)N=C(N)N1C.C=S1(=O)C[C@@](C)(c2sc(-c3cncc(C#CN)c3)cc2Br)N=C(N)N1C.C=S1(=O)C[C@@](C)(c2sc(-c3cncnc3)cc2Cl)N=C(N)N1C. The monoisotopic (exact) mass is 2120 g/mol. The number of aromatic nitrogens is 5. The van der Waals surface area contributed by atoms with Gasteiger partial charge in [0.05, 0.1) is 114 Å². The minimum absolute atomic E-state index is 0.0561. The Hall–Kier alpha value is -10.1. The quantitative estimate of drug-likeness (QED) is 0.0320. The van der Waals surface area contributed by atoms with Gasteiger partial charge >= 0.3 is 6.18 Å². The molecular formula is C85H88Br2Cl2F4N22O5S10. The van der Waals surface area contributed by atoms with Crippen molar-refractivity contribution >= 4 is 219 Å². The number of alkyl halides is 3. The van der Waals surface area contributed by atoms with Crippen LogP contribution in [0.3, 0.4) is 0 Å². The standard InChI is InChI=1S/C19H19F3N4OS2.C18H19BrN4OS2.C17H18BrN5OS2.C17H16ClFN4OS2.C14H16ClN5OS2/c1-5-6-12-7-13(10-24-9-12)15-8-14(19(20,21)22)16(28-15)18(2)11-29(4,27)26(3)17(23)25-18;1-5-6-12-7-13(10-21-9-12)15-8-14(19)16(25-15)18(2)11-26(4,24)23(3)17(20)22-18;1-17(10-26(3,24)23(2)16(20)22-17)15-13(18)7-14(25-15)12-6-11(4-5-19)8-21-9-12;1-17(9-26(3,24)23(2)16(21)22-17)15-13(18)7-14(25-15)11-4-10(8-20)5-12(19)6-11;1-14(7-23(3,21)20(2)13(16)19-14)12-10(15)4-11(22-12)9-5-17-8-18-6-9/h7-10H,4,11H2,1-3H3,(H2,23,25);7-10H,4,11H2,1-3H3,(H2,20,22);6-9H,3,10,19H2,1-2H3,(H2,20,22);4-7H,3,9H2,1-2H3,(H2,21,22);4-6,8H,3,7H2,1-2H3,(H2,16,19)/t18-,29?;18-,26?;2*17-,26?;14-,23?/m00000/s1. The summed E-state index contributed by atoms with van der Waals surface area (Å²) >= 11 is 26.9. The Labute approximate surface area is 801 Å². The predicted molar refractivity (Wildman–Crippen MR) is 543 cm³/mol. The van der Waals surface area contributed by atoms with Crippen molar-refractivity contribution in [1.82, 2.24) is 46.4 Å². The summed E-state index contributed by atoms with van der Waals surface area (Å²) in [5.74, 6) is 34.3. The fourth-order valence-electron chi connectivity index (χ4n) is 14.1. The molecule has 27 nitrogen and oxygen atoms in total. The summed E-state index contributed by atoms with van der Waals surface area (Å²) in [5, 5.41) is 10.0. The van der Waals surface area contributed by atoms with Crippen LogP contribution in [0.1, 0.15) is 101 Å². The summed E-state index contributed by atoms with van der Waals surface area (Å²) in [4.78, 5) is 50.4. The molecule has 0 aliphatic carbocycles. The van der Waals surface area contributed by atoms with E-state index >= 15 is 0 Å². The third kappa shape index (κ3) is 21.8. The first kappa shape index (κ1) is 100. The average Bonchev–Trinajstić information content (AvgIpc) is 1.45. The molecule has 0 fully saturated rings. The molecule has 10 atom stereocenters. The van der Waals surface area contributed by atoms with Crippen molar-refractivity contribution in [3.05, 3.63) is 200 Å². The molecule has 0 saturated heterocycles. The smallest absolute Gasteiger partial charge is 0.369 e. The lowest BCUT2D eigenvalue weighted by atomic mass is 9.99. The first-order valence-electron chi connectivity index (χ1n) is 38.0. The van der Waals surface area contributed by atoms with Gasteiger partial charge in [0.25, 0.3) is 0 Å². The molecule has 5 aliphatic heterocycles. The number of hydrogen-bond acceptors (Lipinski definition) is 27. The third-order valence-corrected chi connectivity index (χ3v) is 41.4. The lowest BCUT2D eigenvalue weighted by Crippen LogP contribution is -2.50. The largest absolute Gasteiger partial charge is 0.417 e. The van der Waals surface area contributed by atoms with Crippen LogP contribution in [-0.2, 0) is 82.4 Å². The second kappa shape index (κ2) is 38.3. The summed E-state index contributed by atoms with van der Waals surface area (Å²) < 4.78 is 128. The molecule has 12 N–H and O–H groups in total. The molecule has 15 rings (SSSR count). The second-order valence-electron chi connectivity index (χ2n) is 31.2. The van der Waals surface area contributed by atoms with Crippen LogP contribution in [0.5, 0.6) is 0 Å². The number of thiophene rings is 5. The lowest BCUT2D eigenvalue weighted by molar-refractivity contribution is -0.138. The molecule has 1 aromatic carbocycles. The van der Waals surface area contributed by atoms with Crippen LogP contribution in [0.15, 0.2) is 157 Å². The number of aliphatic imine (C=N–C) groups is 5. The van der Waals surface area contributed by atoms with Gasteiger partial charge in [0.15, 0.2) is 0 Å². The number of benzene rings is 1. The Morgan fingerprint density at radius 1 is 0.415 bits per heavy atom. The lowest BCUT2D eigenvalue weighted by Gasteiger charge is -2.37. The van der Waals surface area contributed by atoms with Gasteiger partial charge in [-0.2, -0.15) is 18.4 Å². The summed E-state index contributed by atoms with van der Waals surface area (Å²) in [6.07, 6.45) is 10.3. The summed E-state index contributed by atoms with van der Waals surface area (Å²) in [6, 6.07) is 22.7. The third-order valence-electron chi connectivity index (χ3n) is 20.7. The van der Waals surface area contributed by atoms with E-state index in [1.54, 1.807) is 127 Å². The van der Waals surface area contributed by atoms with Crippen LogP contribution < -0.4 is 34.4 Å². The first-order chi connectivity index (χ1) is 60.5. The van der Waals surface area contributed by atoms with E-state index in [0.29, 0.717) is 47.1 Å². The minimum atomic E-state index is -4.61. The van der Waals surface area contributed by atoms with Crippen molar-refractivity contribution in [2.24, 2.45) is 59.4 Å². The van der Waals surface area contributed by atoms with Gasteiger partial charge in [-0.05, 0) is 188 Å².